The largest absolute Gasteiger partial charge is 0.356 e. The lowest BCUT2D eigenvalue weighted by Crippen LogP contribution is -2.42. The molecule has 1 aromatic carbocycles. The van der Waals surface area contributed by atoms with Gasteiger partial charge in [0.2, 0.25) is 5.91 Å². The summed E-state index contributed by atoms with van der Waals surface area (Å²) in [5, 5.41) is 0. The second-order valence-electron chi connectivity index (χ2n) is 9.05. The highest BCUT2D eigenvalue weighted by molar-refractivity contribution is 5.79. The fourth-order valence-electron chi connectivity index (χ4n) is 5.28. The molecule has 2 aromatic rings. The number of hydrogen-bond donors (Lipinski definition) is 0. The Balaban J connectivity index is 1.48. The van der Waals surface area contributed by atoms with Crippen LogP contribution in [-0.4, -0.2) is 40.4 Å². The molecule has 1 saturated carbocycles. The number of nitrogens with zero attached hydrogens (tertiary/aromatic N) is 4. The van der Waals surface area contributed by atoms with Crippen LogP contribution < -0.4 is 4.90 Å². The molecule has 0 radical (unpaired) electrons. The van der Waals surface area contributed by atoms with Crippen molar-refractivity contribution in [2.45, 2.75) is 64.3 Å². The van der Waals surface area contributed by atoms with Crippen LogP contribution in [0, 0.1) is 5.92 Å². The van der Waals surface area contributed by atoms with Gasteiger partial charge in [0.25, 0.3) is 0 Å². The third kappa shape index (κ3) is 3.94. The molecule has 1 saturated heterocycles. The molecule has 0 atom stereocenters. The van der Waals surface area contributed by atoms with E-state index < -0.39 is 0 Å². The summed E-state index contributed by atoms with van der Waals surface area (Å²) in [5.74, 6) is 2.47. The van der Waals surface area contributed by atoms with Crippen molar-refractivity contribution in [2.24, 2.45) is 5.92 Å². The quantitative estimate of drug-likeness (QED) is 0.750. The van der Waals surface area contributed by atoms with Crippen LogP contribution in [0.15, 0.2) is 30.3 Å². The summed E-state index contributed by atoms with van der Waals surface area (Å²) in [6.07, 6.45) is 10.3. The molecule has 0 unspecified atom stereocenters. The standard InChI is InChI=1S/C25H32N4O/c30-25(20-12-6-2-7-13-20)29-17-14-22-21(18-29)24(28-15-8-3-9-16-28)27-23(26-22)19-10-4-1-5-11-19/h1,4-5,10-11,20H,2-3,6-9,12-18H2. The summed E-state index contributed by atoms with van der Waals surface area (Å²) >= 11 is 0. The second-order valence-corrected chi connectivity index (χ2v) is 9.05. The molecule has 1 amide bonds. The number of amides is 1. The number of benzene rings is 1. The summed E-state index contributed by atoms with van der Waals surface area (Å²) in [7, 11) is 0. The maximum Gasteiger partial charge on any atom is 0.225 e. The van der Waals surface area contributed by atoms with Crippen LogP contribution in [0.1, 0.15) is 62.6 Å². The summed E-state index contributed by atoms with van der Waals surface area (Å²) in [4.78, 5) is 27.8. The Kier molecular flexibility index (Phi) is 5.69. The van der Waals surface area contributed by atoms with Gasteiger partial charge >= 0.3 is 0 Å². The van der Waals surface area contributed by atoms with E-state index >= 15 is 0 Å². The first-order valence-corrected chi connectivity index (χ1v) is 11.8. The minimum Gasteiger partial charge on any atom is -0.356 e. The molecule has 2 aliphatic heterocycles. The fourth-order valence-corrected chi connectivity index (χ4v) is 5.28. The van der Waals surface area contributed by atoms with Gasteiger partial charge in [-0.2, -0.15) is 0 Å². The van der Waals surface area contributed by atoms with E-state index in [1.807, 2.05) is 18.2 Å². The average Bonchev–Trinajstić information content (AvgIpc) is 2.84. The molecular weight excluding hydrogens is 372 g/mol. The van der Waals surface area contributed by atoms with Gasteiger partial charge in [-0.25, -0.2) is 9.97 Å². The van der Waals surface area contributed by atoms with Crippen LogP contribution in [0.4, 0.5) is 5.82 Å². The lowest BCUT2D eigenvalue weighted by atomic mass is 9.87. The molecule has 2 fully saturated rings. The third-order valence-corrected chi connectivity index (χ3v) is 6.99. The number of rotatable bonds is 3. The molecule has 5 heteroatoms. The SMILES string of the molecule is O=C(C1CCCCC1)N1CCc2nc(-c3ccccc3)nc(N3CCCCC3)c2C1. The minimum atomic E-state index is 0.225. The van der Waals surface area contributed by atoms with E-state index in [4.69, 9.17) is 9.97 Å². The van der Waals surface area contributed by atoms with Crippen molar-refractivity contribution in [1.82, 2.24) is 14.9 Å². The second kappa shape index (κ2) is 8.75. The highest BCUT2D eigenvalue weighted by atomic mass is 16.2. The van der Waals surface area contributed by atoms with Crippen LogP contribution >= 0.6 is 0 Å². The molecule has 1 aliphatic carbocycles. The number of anilines is 1. The predicted molar refractivity (Wildman–Crippen MR) is 119 cm³/mol. The fraction of sp³-hybridized carbons (Fsp3) is 0.560. The van der Waals surface area contributed by atoms with E-state index in [-0.39, 0.29) is 5.92 Å². The third-order valence-electron chi connectivity index (χ3n) is 6.99. The van der Waals surface area contributed by atoms with E-state index in [1.165, 1.54) is 44.1 Å². The topological polar surface area (TPSA) is 49.3 Å². The summed E-state index contributed by atoms with van der Waals surface area (Å²) in [6.45, 7) is 3.56. The van der Waals surface area contributed by atoms with Crippen molar-refractivity contribution in [1.29, 1.82) is 0 Å². The normalized spacial score (nSPS) is 20.1. The zero-order valence-corrected chi connectivity index (χ0v) is 17.9. The zero-order valence-electron chi connectivity index (χ0n) is 17.9. The van der Waals surface area contributed by atoms with Gasteiger partial charge in [0.1, 0.15) is 5.82 Å². The van der Waals surface area contributed by atoms with Crippen molar-refractivity contribution in [2.75, 3.05) is 24.5 Å². The van der Waals surface area contributed by atoms with Gasteiger partial charge in [0.15, 0.2) is 5.82 Å². The first-order chi connectivity index (χ1) is 14.8. The molecule has 0 spiro atoms. The number of piperidine rings is 1. The van der Waals surface area contributed by atoms with Gasteiger partial charge in [-0.1, -0.05) is 49.6 Å². The van der Waals surface area contributed by atoms with E-state index in [1.54, 1.807) is 0 Å². The van der Waals surface area contributed by atoms with Gasteiger partial charge in [-0.15, -0.1) is 0 Å². The molecule has 0 bridgehead atoms. The van der Waals surface area contributed by atoms with Crippen LogP contribution in [0.5, 0.6) is 0 Å². The van der Waals surface area contributed by atoms with E-state index in [0.717, 1.165) is 61.8 Å². The molecule has 5 rings (SSSR count). The molecule has 0 N–H and O–H groups in total. The first kappa shape index (κ1) is 19.5. The monoisotopic (exact) mass is 404 g/mol. The maximum atomic E-state index is 13.2. The first-order valence-electron chi connectivity index (χ1n) is 11.8. The maximum absolute atomic E-state index is 13.2. The van der Waals surface area contributed by atoms with Crippen molar-refractivity contribution in [3.63, 3.8) is 0 Å². The molecule has 5 nitrogen and oxygen atoms in total. The van der Waals surface area contributed by atoms with Gasteiger partial charge in [0.05, 0.1) is 12.2 Å². The Morgan fingerprint density at radius 3 is 2.37 bits per heavy atom. The highest BCUT2D eigenvalue weighted by Crippen LogP contribution is 2.33. The predicted octanol–water partition coefficient (Wildman–Crippen LogP) is 4.60. The molecule has 3 heterocycles. The van der Waals surface area contributed by atoms with Crippen molar-refractivity contribution in [3.8, 4) is 11.4 Å². The highest BCUT2D eigenvalue weighted by Gasteiger charge is 2.32. The minimum absolute atomic E-state index is 0.225. The zero-order chi connectivity index (χ0) is 20.3. The van der Waals surface area contributed by atoms with Crippen molar-refractivity contribution >= 4 is 11.7 Å². The summed E-state index contributed by atoms with van der Waals surface area (Å²) in [6, 6.07) is 10.3. The van der Waals surface area contributed by atoms with Gasteiger partial charge in [-0.3, -0.25) is 4.79 Å². The Morgan fingerprint density at radius 1 is 0.867 bits per heavy atom. The smallest absolute Gasteiger partial charge is 0.225 e. The van der Waals surface area contributed by atoms with E-state index in [0.29, 0.717) is 12.5 Å². The number of carbonyl (C=O) groups excluding carboxylic acids is 1. The Hall–Kier alpha value is -2.43. The lowest BCUT2D eigenvalue weighted by Gasteiger charge is -2.36. The number of hydrogen-bond acceptors (Lipinski definition) is 4. The van der Waals surface area contributed by atoms with Crippen LogP contribution in [0.3, 0.4) is 0 Å². The number of fused-ring (bicyclic) bond motifs is 1. The van der Waals surface area contributed by atoms with Crippen LogP contribution in [-0.2, 0) is 17.8 Å². The molecule has 1 aromatic heterocycles. The molecule has 3 aliphatic rings. The van der Waals surface area contributed by atoms with Gasteiger partial charge < -0.3 is 9.80 Å². The molecule has 158 valence electrons. The van der Waals surface area contributed by atoms with Crippen LogP contribution in [0.2, 0.25) is 0 Å². The number of carbonyl (C=O) groups is 1. The Morgan fingerprint density at radius 2 is 1.60 bits per heavy atom. The van der Waals surface area contributed by atoms with E-state index in [9.17, 15) is 4.79 Å². The molecule has 30 heavy (non-hydrogen) atoms. The van der Waals surface area contributed by atoms with E-state index in [2.05, 4.69) is 21.9 Å². The summed E-state index contributed by atoms with van der Waals surface area (Å²) < 4.78 is 0. The average molecular weight is 405 g/mol. The Labute approximate surface area is 179 Å². The summed E-state index contributed by atoms with van der Waals surface area (Å²) in [5.41, 5.74) is 3.39. The van der Waals surface area contributed by atoms with Crippen molar-refractivity contribution in [3.05, 3.63) is 41.6 Å². The molecular formula is C25H32N4O. The Bertz CT molecular complexity index is 886. The van der Waals surface area contributed by atoms with Crippen LogP contribution in [0.25, 0.3) is 11.4 Å². The van der Waals surface area contributed by atoms with Gasteiger partial charge in [-0.05, 0) is 32.1 Å². The van der Waals surface area contributed by atoms with Gasteiger partial charge in [0, 0.05) is 43.1 Å². The van der Waals surface area contributed by atoms with Crippen molar-refractivity contribution < 1.29 is 4.79 Å². The number of aromatic nitrogens is 2. The lowest BCUT2D eigenvalue weighted by molar-refractivity contribution is -0.137.